The van der Waals surface area contributed by atoms with E-state index in [1.807, 2.05) is 14.0 Å². The summed E-state index contributed by atoms with van der Waals surface area (Å²) in [6.07, 6.45) is 2.49. The van der Waals surface area contributed by atoms with E-state index >= 15 is 0 Å². The zero-order valence-electron chi connectivity index (χ0n) is 11.7. The molecule has 0 aliphatic rings. The molecule has 0 fully saturated rings. The Balaban J connectivity index is 0.00000324. The van der Waals surface area contributed by atoms with Crippen LogP contribution in [0, 0.1) is 0 Å². The molecule has 0 unspecified atom stereocenters. The van der Waals surface area contributed by atoms with Gasteiger partial charge in [-0.15, -0.1) is 24.0 Å². The van der Waals surface area contributed by atoms with Gasteiger partial charge in [0.05, 0.1) is 6.54 Å². The van der Waals surface area contributed by atoms with Crippen LogP contribution in [0.5, 0.6) is 0 Å². The molecule has 0 bridgehead atoms. The molecule has 0 aliphatic heterocycles. The smallest absolute Gasteiger partial charge is 0.191 e. The Hall–Kier alpha value is -0.900. The molecule has 1 aromatic heterocycles. The quantitative estimate of drug-likeness (QED) is 0.311. The van der Waals surface area contributed by atoms with E-state index in [-0.39, 0.29) is 24.0 Å². The number of aliphatic imine (C=N–C) groups is 1. The van der Waals surface area contributed by atoms with Crippen molar-refractivity contribution in [2.75, 3.05) is 26.8 Å². The molecule has 0 aromatic carbocycles. The summed E-state index contributed by atoms with van der Waals surface area (Å²) in [5, 5.41) is 10.4. The van der Waals surface area contributed by atoms with Gasteiger partial charge in [-0.2, -0.15) is 5.10 Å². The third-order valence-corrected chi connectivity index (χ3v) is 2.40. The highest BCUT2D eigenvalue weighted by Gasteiger charge is 2.01. The second-order valence-electron chi connectivity index (χ2n) is 3.70. The van der Waals surface area contributed by atoms with Crippen LogP contribution in [0.2, 0.25) is 0 Å². The fourth-order valence-electron chi connectivity index (χ4n) is 1.39. The van der Waals surface area contributed by atoms with Crippen LogP contribution < -0.4 is 10.6 Å². The normalized spacial score (nSPS) is 11.0. The second-order valence-corrected chi connectivity index (χ2v) is 3.70. The molecule has 0 radical (unpaired) electrons. The number of hydrogen-bond acceptors (Lipinski definition) is 4. The van der Waals surface area contributed by atoms with Crippen molar-refractivity contribution in [3.63, 3.8) is 0 Å². The van der Waals surface area contributed by atoms with Gasteiger partial charge in [0.25, 0.3) is 0 Å². The van der Waals surface area contributed by atoms with Crippen LogP contribution in [0.25, 0.3) is 0 Å². The molecular formula is C11H23IN6O. The SMILES string of the molecule is CCOCCCNC(=NC)NCc1ncnn1C.I. The first kappa shape index (κ1) is 18.1. The number of ether oxygens (including phenoxy) is 1. The van der Waals surface area contributed by atoms with Crippen LogP contribution in [0.3, 0.4) is 0 Å². The maximum Gasteiger partial charge on any atom is 0.191 e. The first-order valence-electron chi connectivity index (χ1n) is 6.13. The van der Waals surface area contributed by atoms with Gasteiger partial charge in [0, 0.05) is 33.9 Å². The molecule has 110 valence electrons. The van der Waals surface area contributed by atoms with Gasteiger partial charge in [0.2, 0.25) is 0 Å². The van der Waals surface area contributed by atoms with Crippen molar-refractivity contribution in [1.29, 1.82) is 0 Å². The van der Waals surface area contributed by atoms with Gasteiger partial charge in [-0.25, -0.2) is 4.98 Å². The van der Waals surface area contributed by atoms with E-state index in [1.54, 1.807) is 11.7 Å². The lowest BCUT2D eigenvalue weighted by atomic mass is 10.4. The highest BCUT2D eigenvalue weighted by Crippen LogP contribution is 1.89. The van der Waals surface area contributed by atoms with E-state index in [2.05, 4.69) is 25.7 Å². The van der Waals surface area contributed by atoms with Gasteiger partial charge >= 0.3 is 0 Å². The van der Waals surface area contributed by atoms with E-state index in [9.17, 15) is 0 Å². The zero-order valence-corrected chi connectivity index (χ0v) is 14.0. The average Bonchev–Trinajstić information content (AvgIpc) is 2.78. The molecule has 1 rings (SSSR count). The van der Waals surface area contributed by atoms with Crippen LogP contribution in [-0.2, 0) is 18.3 Å². The van der Waals surface area contributed by atoms with Crippen molar-refractivity contribution < 1.29 is 4.74 Å². The molecule has 1 aromatic rings. The fraction of sp³-hybridized carbons (Fsp3) is 0.727. The van der Waals surface area contributed by atoms with E-state index < -0.39 is 0 Å². The van der Waals surface area contributed by atoms with Gasteiger partial charge < -0.3 is 15.4 Å². The van der Waals surface area contributed by atoms with Gasteiger partial charge in [-0.3, -0.25) is 9.67 Å². The number of rotatable bonds is 7. The maximum absolute atomic E-state index is 5.26. The molecule has 2 N–H and O–H groups in total. The summed E-state index contributed by atoms with van der Waals surface area (Å²) in [7, 11) is 3.61. The Bertz CT molecular complexity index is 368. The first-order chi connectivity index (χ1) is 8.77. The minimum Gasteiger partial charge on any atom is -0.382 e. The van der Waals surface area contributed by atoms with Crippen molar-refractivity contribution in [2.45, 2.75) is 19.9 Å². The third kappa shape index (κ3) is 7.31. The minimum atomic E-state index is 0. The largest absolute Gasteiger partial charge is 0.382 e. The molecule has 7 nitrogen and oxygen atoms in total. The van der Waals surface area contributed by atoms with Crippen molar-refractivity contribution in [1.82, 2.24) is 25.4 Å². The van der Waals surface area contributed by atoms with Crippen LogP contribution in [0.15, 0.2) is 11.3 Å². The van der Waals surface area contributed by atoms with Crippen molar-refractivity contribution in [3.8, 4) is 0 Å². The van der Waals surface area contributed by atoms with Crippen molar-refractivity contribution in [2.24, 2.45) is 12.0 Å². The van der Waals surface area contributed by atoms with Gasteiger partial charge in [0.15, 0.2) is 5.96 Å². The summed E-state index contributed by atoms with van der Waals surface area (Å²) in [4.78, 5) is 8.26. The monoisotopic (exact) mass is 382 g/mol. The number of aromatic nitrogens is 3. The molecule has 0 atom stereocenters. The fourth-order valence-corrected chi connectivity index (χ4v) is 1.39. The Labute approximate surface area is 131 Å². The zero-order chi connectivity index (χ0) is 13.2. The number of hydrogen-bond donors (Lipinski definition) is 2. The van der Waals surface area contributed by atoms with Crippen LogP contribution in [0.4, 0.5) is 0 Å². The standard InChI is InChI=1S/C11H22N6O.HI/c1-4-18-7-5-6-13-11(12-2)14-8-10-15-9-16-17(10)3;/h9H,4-8H2,1-3H3,(H2,12,13,14);1H. The molecule has 0 amide bonds. The van der Waals surface area contributed by atoms with Gasteiger partial charge in [-0.1, -0.05) is 0 Å². The Morgan fingerprint density at radius 2 is 2.26 bits per heavy atom. The predicted molar refractivity (Wildman–Crippen MR) is 85.7 cm³/mol. The van der Waals surface area contributed by atoms with Crippen LogP contribution in [-0.4, -0.2) is 47.5 Å². The summed E-state index contributed by atoms with van der Waals surface area (Å²) < 4.78 is 6.99. The van der Waals surface area contributed by atoms with E-state index in [1.165, 1.54) is 6.33 Å². The lowest BCUT2D eigenvalue weighted by molar-refractivity contribution is 0.145. The van der Waals surface area contributed by atoms with Gasteiger partial charge in [-0.05, 0) is 13.3 Å². The van der Waals surface area contributed by atoms with Crippen molar-refractivity contribution >= 4 is 29.9 Å². The lowest BCUT2D eigenvalue weighted by Gasteiger charge is -2.11. The van der Waals surface area contributed by atoms with E-state index in [0.717, 1.165) is 38.0 Å². The topological polar surface area (TPSA) is 76.4 Å². The Morgan fingerprint density at radius 3 is 2.84 bits per heavy atom. The molecular weight excluding hydrogens is 359 g/mol. The summed E-state index contributed by atoms with van der Waals surface area (Å²) >= 11 is 0. The van der Waals surface area contributed by atoms with Crippen LogP contribution >= 0.6 is 24.0 Å². The summed E-state index contributed by atoms with van der Waals surface area (Å²) in [5.74, 6) is 1.63. The summed E-state index contributed by atoms with van der Waals surface area (Å²) in [6, 6.07) is 0. The average molecular weight is 382 g/mol. The predicted octanol–water partition coefficient (Wildman–Crippen LogP) is 0.525. The molecule has 8 heteroatoms. The third-order valence-electron chi connectivity index (χ3n) is 2.40. The summed E-state index contributed by atoms with van der Waals surface area (Å²) in [5.41, 5.74) is 0. The second kappa shape index (κ2) is 11.0. The van der Waals surface area contributed by atoms with E-state index in [0.29, 0.717) is 6.54 Å². The Morgan fingerprint density at radius 1 is 1.47 bits per heavy atom. The maximum atomic E-state index is 5.26. The number of guanidine groups is 1. The van der Waals surface area contributed by atoms with E-state index in [4.69, 9.17) is 4.74 Å². The number of halogens is 1. The lowest BCUT2D eigenvalue weighted by Crippen LogP contribution is -2.38. The first-order valence-corrected chi connectivity index (χ1v) is 6.13. The molecule has 0 saturated heterocycles. The highest BCUT2D eigenvalue weighted by atomic mass is 127. The van der Waals surface area contributed by atoms with Crippen molar-refractivity contribution in [3.05, 3.63) is 12.2 Å². The molecule has 0 saturated carbocycles. The molecule has 19 heavy (non-hydrogen) atoms. The minimum absolute atomic E-state index is 0. The number of aryl methyl sites for hydroxylation is 1. The molecule has 1 heterocycles. The number of nitrogens with zero attached hydrogens (tertiary/aromatic N) is 4. The van der Waals surface area contributed by atoms with Crippen LogP contribution in [0.1, 0.15) is 19.2 Å². The summed E-state index contributed by atoms with van der Waals surface area (Å²) in [6.45, 7) is 4.96. The molecule has 0 spiro atoms. The number of nitrogens with one attached hydrogen (secondary N) is 2. The highest BCUT2D eigenvalue weighted by molar-refractivity contribution is 14.0. The Kier molecular flexibility index (Phi) is 10.5. The van der Waals surface area contributed by atoms with Gasteiger partial charge in [0.1, 0.15) is 12.2 Å². The molecule has 0 aliphatic carbocycles.